The molecule has 0 aromatic rings. The maximum absolute atomic E-state index is 13.0. The second-order valence-corrected chi connectivity index (χ2v) is 29.5. The van der Waals surface area contributed by atoms with Gasteiger partial charge >= 0.3 is 39.5 Å². The molecular weight excluding hydrogens is 1190 g/mol. The van der Waals surface area contributed by atoms with Crippen molar-refractivity contribution >= 4 is 39.5 Å². The molecule has 0 fully saturated rings. The van der Waals surface area contributed by atoms with Gasteiger partial charge in [-0.25, -0.2) is 9.13 Å². The molecule has 0 aromatic carbocycles. The van der Waals surface area contributed by atoms with Gasteiger partial charge in [0.15, 0.2) is 12.2 Å². The number of hydrogen-bond donors (Lipinski definition) is 3. The fourth-order valence-corrected chi connectivity index (χ4v) is 12.3. The summed E-state index contributed by atoms with van der Waals surface area (Å²) in [6, 6.07) is 0. The summed E-state index contributed by atoms with van der Waals surface area (Å²) in [5.74, 6) is -0.641. The lowest BCUT2D eigenvalue weighted by Crippen LogP contribution is -2.30. The highest BCUT2D eigenvalue weighted by Gasteiger charge is 2.30. The summed E-state index contributed by atoms with van der Waals surface area (Å²) in [6.07, 6.45) is 48.4. The van der Waals surface area contributed by atoms with Crippen LogP contribution >= 0.6 is 15.6 Å². The van der Waals surface area contributed by atoms with Gasteiger partial charge in [-0.05, 0) is 37.5 Å². The Morgan fingerprint density at radius 1 is 0.300 bits per heavy atom. The predicted octanol–water partition coefficient (Wildman–Crippen LogP) is 20.4. The van der Waals surface area contributed by atoms with Crippen molar-refractivity contribution in [2.75, 3.05) is 39.6 Å². The van der Waals surface area contributed by atoms with E-state index in [1.165, 1.54) is 180 Å². The molecule has 5 atom stereocenters. The first kappa shape index (κ1) is 88.1. The number of esters is 4. The van der Waals surface area contributed by atoms with E-state index in [1.54, 1.807) is 0 Å². The van der Waals surface area contributed by atoms with Crippen LogP contribution in [0.25, 0.3) is 0 Å². The molecule has 2 unspecified atom stereocenters. The number of aliphatic hydroxyl groups excluding tert-OH is 1. The Labute approximate surface area is 549 Å². The van der Waals surface area contributed by atoms with Crippen molar-refractivity contribution in [3.05, 3.63) is 0 Å². The zero-order valence-electron chi connectivity index (χ0n) is 58.4. The molecule has 19 heteroatoms. The van der Waals surface area contributed by atoms with Crippen LogP contribution in [0.15, 0.2) is 0 Å². The van der Waals surface area contributed by atoms with E-state index < -0.39 is 97.5 Å². The van der Waals surface area contributed by atoms with Gasteiger partial charge in [-0.1, -0.05) is 311 Å². The minimum absolute atomic E-state index is 0.105. The lowest BCUT2D eigenvalue weighted by atomic mass is 10.0. The summed E-state index contributed by atoms with van der Waals surface area (Å²) in [5, 5.41) is 10.6. The minimum atomic E-state index is -4.95. The van der Waals surface area contributed by atoms with Gasteiger partial charge in [0.05, 0.1) is 26.4 Å². The molecule has 534 valence electrons. The number of phosphoric ester groups is 2. The van der Waals surface area contributed by atoms with E-state index in [0.29, 0.717) is 25.7 Å². The third kappa shape index (κ3) is 64.8. The molecule has 0 aliphatic carbocycles. The van der Waals surface area contributed by atoms with Gasteiger partial charge in [0.25, 0.3) is 0 Å². The topological polar surface area (TPSA) is 237 Å². The van der Waals surface area contributed by atoms with Crippen molar-refractivity contribution < 1.29 is 80.2 Å². The molecule has 3 N–H and O–H groups in total. The van der Waals surface area contributed by atoms with Crippen molar-refractivity contribution in [2.24, 2.45) is 11.8 Å². The lowest BCUT2D eigenvalue weighted by molar-refractivity contribution is -0.161. The molecule has 0 spiro atoms. The highest BCUT2D eigenvalue weighted by atomic mass is 31.2. The van der Waals surface area contributed by atoms with Gasteiger partial charge < -0.3 is 33.8 Å². The van der Waals surface area contributed by atoms with Crippen LogP contribution in [0.1, 0.15) is 363 Å². The minimum Gasteiger partial charge on any atom is -0.462 e. The smallest absolute Gasteiger partial charge is 0.462 e. The van der Waals surface area contributed by atoms with E-state index in [0.717, 1.165) is 102 Å². The fraction of sp³-hybridized carbons (Fsp3) is 0.944. The molecule has 0 rings (SSSR count). The van der Waals surface area contributed by atoms with E-state index >= 15 is 0 Å². The second-order valence-electron chi connectivity index (χ2n) is 26.6. The Morgan fingerprint density at radius 3 is 0.756 bits per heavy atom. The number of ether oxygens (including phenoxy) is 4. The molecule has 0 saturated carbocycles. The van der Waals surface area contributed by atoms with Gasteiger partial charge in [-0.2, -0.15) is 0 Å². The molecule has 17 nitrogen and oxygen atoms in total. The Kier molecular flexibility index (Phi) is 61.8. The number of unbranched alkanes of at least 4 members (excludes halogenated alkanes) is 40. The average Bonchev–Trinajstić information content (AvgIpc) is 3.41. The van der Waals surface area contributed by atoms with Crippen molar-refractivity contribution in [1.29, 1.82) is 0 Å². The first-order valence-corrected chi connectivity index (χ1v) is 40.0. The van der Waals surface area contributed by atoms with Crippen LogP contribution in [-0.4, -0.2) is 96.7 Å². The number of aliphatic hydroxyl groups is 1. The zero-order valence-corrected chi connectivity index (χ0v) is 60.2. The predicted molar refractivity (Wildman–Crippen MR) is 363 cm³/mol. The quantitative estimate of drug-likeness (QED) is 0.0222. The third-order valence-electron chi connectivity index (χ3n) is 16.5. The largest absolute Gasteiger partial charge is 0.472 e. The van der Waals surface area contributed by atoms with E-state index in [4.69, 9.17) is 37.0 Å². The third-order valence-corrected chi connectivity index (χ3v) is 18.4. The van der Waals surface area contributed by atoms with E-state index in [2.05, 4.69) is 41.5 Å². The standard InChI is InChI=1S/C71H138O17P2/c1-7-9-11-13-15-17-19-21-23-29-35-41-47-53-68(73)81-59-66(87-70(75)55-49-43-37-30-24-22-20-18-16-14-12-10-8-2)61-85-89(77,78)83-57-65(72)58-84-90(79,80)86-62-67(88-71(76)56-50-44-38-32-26-28-34-40-46-52-64(5)6)60-82-69(74)54-48-42-36-31-25-27-33-39-45-51-63(3)4/h63-67,72H,7-62H2,1-6H3,(H,77,78)(H,79,80)/t65-,66-,67-/m1/s1. The van der Waals surface area contributed by atoms with Crippen molar-refractivity contribution in [1.82, 2.24) is 0 Å². The summed E-state index contributed by atoms with van der Waals surface area (Å²) >= 11 is 0. The molecule has 0 heterocycles. The van der Waals surface area contributed by atoms with Crippen molar-refractivity contribution in [3.8, 4) is 0 Å². The Balaban J connectivity index is 5.26. The number of rotatable bonds is 70. The maximum Gasteiger partial charge on any atom is 0.472 e. The zero-order chi connectivity index (χ0) is 66.5. The molecule has 90 heavy (non-hydrogen) atoms. The van der Waals surface area contributed by atoms with Crippen LogP contribution in [0.5, 0.6) is 0 Å². The van der Waals surface area contributed by atoms with Gasteiger partial charge in [0.1, 0.15) is 19.3 Å². The number of hydrogen-bond acceptors (Lipinski definition) is 15. The molecular formula is C71H138O17P2. The lowest BCUT2D eigenvalue weighted by Gasteiger charge is -2.21. The second kappa shape index (κ2) is 63.1. The first-order valence-electron chi connectivity index (χ1n) is 37.0. The van der Waals surface area contributed by atoms with Crippen molar-refractivity contribution in [3.63, 3.8) is 0 Å². The van der Waals surface area contributed by atoms with Gasteiger partial charge in [-0.15, -0.1) is 0 Å². The molecule has 0 aromatic heterocycles. The summed E-state index contributed by atoms with van der Waals surface area (Å²) in [5.41, 5.74) is 0. The summed E-state index contributed by atoms with van der Waals surface area (Å²) < 4.78 is 68.3. The van der Waals surface area contributed by atoms with E-state index in [-0.39, 0.29) is 25.7 Å². The molecule has 0 bridgehead atoms. The SMILES string of the molecule is CCCCCCCCCCCCCCCC(=O)OC[C@H](COP(=O)(O)OC[C@@H](O)COP(=O)(O)OC[C@@H](COC(=O)CCCCCCCCCCCC(C)C)OC(=O)CCCCCCCCCCCC(C)C)OC(=O)CCCCCCCCCCCCCCC. The monoisotopic (exact) mass is 1320 g/mol. The Morgan fingerprint density at radius 2 is 0.511 bits per heavy atom. The van der Waals surface area contributed by atoms with Crippen LogP contribution in [0.4, 0.5) is 0 Å². The van der Waals surface area contributed by atoms with Crippen LogP contribution < -0.4 is 0 Å². The molecule has 0 aliphatic heterocycles. The normalized spacial score (nSPS) is 14.1. The average molecular weight is 1330 g/mol. The summed E-state index contributed by atoms with van der Waals surface area (Å²) in [4.78, 5) is 72.6. The summed E-state index contributed by atoms with van der Waals surface area (Å²) in [6.45, 7) is 9.52. The van der Waals surface area contributed by atoms with Gasteiger partial charge in [0.2, 0.25) is 0 Å². The molecule has 0 amide bonds. The first-order chi connectivity index (χ1) is 43.4. The molecule has 0 aliphatic rings. The Hall–Kier alpha value is -1.94. The van der Waals surface area contributed by atoms with Gasteiger partial charge in [-0.3, -0.25) is 37.3 Å². The molecule has 0 saturated heterocycles. The van der Waals surface area contributed by atoms with Crippen LogP contribution in [0.2, 0.25) is 0 Å². The molecule has 0 radical (unpaired) electrons. The Bertz CT molecular complexity index is 1750. The fourth-order valence-electron chi connectivity index (χ4n) is 10.8. The van der Waals surface area contributed by atoms with Crippen LogP contribution in [0, 0.1) is 11.8 Å². The highest BCUT2D eigenvalue weighted by molar-refractivity contribution is 7.47. The van der Waals surface area contributed by atoms with Crippen molar-refractivity contribution in [2.45, 2.75) is 381 Å². The maximum atomic E-state index is 13.0. The highest BCUT2D eigenvalue weighted by Crippen LogP contribution is 2.45. The van der Waals surface area contributed by atoms with E-state index in [9.17, 15) is 43.2 Å². The van der Waals surface area contributed by atoms with E-state index in [1.807, 2.05) is 0 Å². The number of carbonyl (C=O) groups is 4. The summed E-state index contributed by atoms with van der Waals surface area (Å²) in [7, 11) is -9.90. The number of carbonyl (C=O) groups excluding carboxylic acids is 4. The number of phosphoric acid groups is 2. The van der Waals surface area contributed by atoms with Crippen LogP contribution in [-0.2, 0) is 65.4 Å². The van der Waals surface area contributed by atoms with Crippen LogP contribution in [0.3, 0.4) is 0 Å². The van der Waals surface area contributed by atoms with Gasteiger partial charge in [0, 0.05) is 25.7 Å².